The summed E-state index contributed by atoms with van der Waals surface area (Å²) in [5.74, 6) is 0.0201. The largest absolute Gasteiger partial charge is 0.336 e. The minimum absolute atomic E-state index is 0.0201. The maximum Gasteiger partial charge on any atom is 0.253 e. The molecule has 0 bridgehead atoms. The van der Waals surface area contributed by atoms with E-state index in [4.69, 9.17) is 5.26 Å². The zero-order valence-electron chi connectivity index (χ0n) is 14.6. The Hall–Kier alpha value is -2.64. The highest BCUT2D eigenvalue weighted by molar-refractivity contribution is 5.94. The Bertz CT molecular complexity index is 766. The van der Waals surface area contributed by atoms with Gasteiger partial charge in [0.15, 0.2) is 0 Å². The highest BCUT2D eigenvalue weighted by Gasteiger charge is 2.27. The fraction of sp³-hybridized carbons (Fsp3) is 0.333. The Balaban J connectivity index is 1.57. The standard InChI is InChI=1S/C21H23N3O/c1-17-16-24(21(25)20-9-5-8-19(14-20)15-22)13-12-23(17)11-10-18-6-3-2-4-7-18/h2-9,14,17H,10-13,16H2,1H3. The molecule has 128 valence electrons. The van der Waals surface area contributed by atoms with Crippen LogP contribution in [0.15, 0.2) is 54.6 Å². The normalized spacial score (nSPS) is 17.9. The van der Waals surface area contributed by atoms with Crippen molar-refractivity contribution in [3.8, 4) is 6.07 Å². The zero-order chi connectivity index (χ0) is 17.6. The molecule has 1 aliphatic rings. The van der Waals surface area contributed by atoms with E-state index in [9.17, 15) is 4.79 Å². The fourth-order valence-corrected chi connectivity index (χ4v) is 3.33. The molecule has 1 saturated heterocycles. The molecule has 25 heavy (non-hydrogen) atoms. The summed E-state index contributed by atoms with van der Waals surface area (Å²) in [6, 6.07) is 19.9. The summed E-state index contributed by atoms with van der Waals surface area (Å²) in [7, 11) is 0. The van der Waals surface area contributed by atoms with Gasteiger partial charge in [-0.1, -0.05) is 36.4 Å². The van der Waals surface area contributed by atoms with E-state index in [1.54, 1.807) is 24.3 Å². The van der Waals surface area contributed by atoms with Crippen LogP contribution >= 0.6 is 0 Å². The Labute approximate surface area is 149 Å². The van der Waals surface area contributed by atoms with Crippen LogP contribution in [-0.2, 0) is 6.42 Å². The second kappa shape index (κ2) is 7.96. The molecule has 2 aromatic carbocycles. The van der Waals surface area contributed by atoms with Gasteiger partial charge in [0, 0.05) is 37.8 Å². The Morgan fingerprint density at radius 1 is 1.16 bits per heavy atom. The van der Waals surface area contributed by atoms with Gasteiger partial charge in [0.2, 0.25) is 0 Å². The number of amides is 1. The molecule has 4 heteroatoms. The van der Waals surface area contributed by atoms with Gasteiger partial charge in [-0.25, -0.2) is 0 Å². The molecule has 4 nitrogen and oxygen atoms in total. The van der Waals surface area contributed by atoms with Gasteiger partial charge < -0.3 is 4.90 Å². The third-order valence-electron chi connectivity index (χ3n) is 4.82. The van der Waals surface area contributed by atoms with Crippen LogP contribution in [-0.4, -0.2) is 47.9 Å². The number of benzene rings is 2. The monoisotopic (exact) mass is 333 g/mol. The SMILES string of the molecule is CC1CN(C(=O)c2cccc(C#N)c2)CCN1CCc1ccccc1. The lowest BCUT2D eigenvalue weighted by molar-refractivity contribution is 0.0518. The first-order valence-electron chi connectivity index (χ1n) is 8.75. The van der Waals surface area contributed by atoms with Gasteiger partial charge in [0.25, 0.3) is 5.91 Å². The quantitative estimate of drug-likeness (QED) is 0.864. The third-order valence-corrected chi connectivity index (χ3v) is 4.82. The van der Waals surface area contributed by atoms with Gasteiger partial charge in [-0.2, -0.15) is 5.26 Å². The van der Waals surface area contributed by atoms with Crippen LogP contribution in [0.25, 0.3) is 0 Å². The van der Waals surface area contributed by atoms with Crippen LogP contribution in [0.1, 0.15) is 28.4 Å². The number of hydrogen-bond acceptors (Lipinski definition) is 3. The molecule has 0 spiro atoms. The Morgan fingerprint density at radius 3 is 2.68 bits per heavy atom. The van der Waals surface area contributed by atoms with Crippen molar-refractivity contribution >= 4 is 5.91 Å². The van der Waals surface area contributed by atoms with Crippen molar-refractivity contribution < 1.29 is 4.79 Å². The molecule has 0 saturated carbocycles. The fourth-order valence-electron chi connectivity index (χ4n) is 3.33. The molecule has 1 amide bonds. The summed E-state index contributed by atoms with van der Waals surface area (Å²) >= 11 is 0. The third kappa shape index (κ3) is 4.26. The molecular weight excluding hydrogens is 310 g/mol. The molecular formula is C21H23N3O. The van der Waals surface area contributed by atoms with Gasteiger partial charge in [-0.05, 0) is 37.1 Å². The maximum absolute atomic E-state index is 12.7. The van der Waals surface area contributed by atoms with Crippen molar-refractivity contribution in [1.82, 2.24) is 9.80 Å². The number of piperazine rings is 1. The molecule has 1 atom stereocenters. The summed E-state index contributed by atoms with van der Waals surface area (Å²) in [6.45, 7) is 5.53. The highest BCUT2D eigenvalue weighted by atomic mass is 16.2. The molecule has 1 unspecified atom stereocenters. The van der Waals surface area contributed by atoms with E-state index >= 15 is 0 Å². The van der Waals surface area contributed by atoms with E-state index in [-0.39, 0.29) is 5.91 Å². The van der Waals surface area contributed by atoms with Crippen molar-refractivity contribution in [3.05, 3.63) is 71.3 Å². The zero-order valence-corrected chi connectivity index (χ0v) is 14.6. The lowest BCUT2D eigenvalue weighted by Gasteiger charge is -2.40. The van der Waals surface area contributed by atoms with Crippen molar-refractivity contribution in [1.29, 1.82) is 5.26 Å². The van der Waals surface area contributed by atoms with E-state index < -0.39 is 0 Å². The van der Waals surface area contributed by atoms with Crippen LogP contribution in [0.5, 0.6) is 0 Å². The minimum Gasteiger partial charge on any atom is -0.336 e. The number of nitriles is 1. The molecule has 0 radical (unpaired) electrons. The van der Waals surface area contributed by atoms with Crippen molar-refractivity contribution in [3.63, 3.8) is 0 Å². The molecule has 1 fully saturated rings. The van der Waals surface area contributed by atoms with Crippen molar-refractivity contribution in [2.24, 2.45) is 0 Å². The predicted octanol–water partition coefficient (Wildman–Crippen LogP) is 2.95. The Kier molecular flexibility index (Phi) is 5.47. The van der Waals surface area contributed by atoms with Gasteiger partial charge in [-0.3, -0.25) is 9.69 Å². The first-order chi connectivity index (χ1) is 12.2. The van der Waals surface area contributed by atoms with Gasteiger partial charge >= 0.3 is 0 Å². The van der Waals surface area contributed by atoms with Gasteiger partial charge in [-0.15, -0.1) is 0 Å². The van der Waals surface area contributed by atoms with Crippen LogP contribution in [0, 0.1) is 11.3 Å². The van der Waals surface area contributed by atoms with E-state index in [1.165, 1.54) is 5.56 Å². The number of rotatable bonds is 4. The highest BCUT2D eigenvalue weighted by Crippen LogP contribution is 2.15. The summed E-state index contributed by atoms with van der Waals surface area (Å²) in [5, 5.41) is 9.00. The summed E-state index contributed by atoms with van der Waals surface area (Å²) in [6.07, 6.45) is 1.03. The average Bonchev–Trinajstić information content (AvgIpc) is 2.67. The molecule has 0 aromatic heterocycles. The first-order valence-corrected chi connectivity index (χ1v) is 8.75. The predicted molar refractivity (Wildman–Crippen MR) is 98.2 cm³/mol. The first kappa shape index (κ1) is 17.2. The molecule has 2 aromatic rings. The van der Waals surface area contributed by atoms with E-state index in [0.29, 0.717) is 17.2 Å². The van der Waals surface area contributed by atoms with Gasteiger partial charge in [0.1, 0.15) is 0 Å². The van der Waals surface area contributed by atoms with E-state index in [0.717, 1.165) is 32.6 Å². The van der Waals surface area contributed by atoms with Crippen LogP contribution in [0.4, 0.5) is 0 Å². The summed E-state index contributed by atoms with van der Waals surface area (Å²) < 4.78 is 0. The summed E-state index contributed by atoms with van der Waals surface area (Å²) in [5.41, 5.74) is 2.48. The van der Waals surface area contributed by atoms with Gasteiger partial charge in [0.05, 0.1) is 11.6 Å². The van der Waals surface area contributed by atoms with Crippen molar-refractivity contribution in [2.45, 2.75) is 19.4 Å². The van der Waals surface area contributed by atoms with Crippen LogP contribution < -0.4 is 0 Å². The number of carbonyl (C=O) groups excluding carboxylic acids is 1. The van der Waals surface area contributed by atoms with Crippen molar-refractivity contribution in [2.75, 3.05) is 26.2 Å². The Morgan fingerprint density at radius 2 is 1.96 bits per heavy atom. The lowest BCUT2D eigenvalue weighted by atomic mass is 10.1. The summed E-state index contributed by atoms with van der Waals surface area (Å²) in [4.78, 5) is 17.0. The van der Waals surface area contributed by atoms with Crippen LogP contribution in [0.3, 0.4) is 0 Å². The molecule has 1 aliphatic heterocycles. The smallest absolute Gasteiger partial charge is 0.253 e. The average molecular weight is 333 g/mol. The minimum atomic E-state index is 0.0201. The number of hydrogen-bond donors (Lipinski definition) is 0. The number of carbonyl (C=O) groups is 1. The molecule has 0 N–H and O–H groups in total. The lowest BCUT2D eigenvalue weighted by Crippen LogP contribution is -2.54. The number of nitrogens with zero attached hydrogens (tertiary/aromatic N) is 3. The maximum atomic E-state index is 12.7. The van der Waals surface area contributed by atoms with Crippen LogP contribution in [0.2, 0.25) is 0 Å². The van der Waals surface area contributed by atoms with E-state index in [1.807, 2.05) is 11.0 Å². The molecule has 1 heterocycles. The molecule has 3 rings (SSSR count). The second-order valence-electron chi connectivity index (χ2n) is 6.56. The second-order valence-corrected chi connectivity index (χ2v) is 6.56. The molecule has 0 aliphatic carbocycles. The van der Waals surface area contributed by atoms with E-state index in [2.05, 4.69) is 42.2 Å². The topological polar surface area (TPSA) is 47.3 Å².